The Hall–Kier alpha value is -0.610. The van der Waals surface area contributed by atoms with Crippen molar-refractivity contribution in [2.45, 2.75) is 12.5 Å². The molecule has 1 saturated heterocycles. The third-order valence-electron chi connectivity index (χ3n) is 2.63. The molecule has 0 aromatic rings. The smallest absolute Gasteiger partial charge is 0.228 e. The molecule has 1 rings (SSSR count). The van der Waals surface area contributed by atoms with E-state index in [1.165, 1.54) is 0 Å². The minimum Gasteiger partial charge on any atom is -0.348 e. The van der Waals surface area contributed by atoms with Crippen LogP contribution in [0.5, 0.6) is 0 Å². The Bertz CT molecular complexity index is 193. The monoisotopic (exact) mass is 185 g/mol. The van der Waals surface area contributed by atoms with E-state index in [1.807, 2.05) is 7.05 Å². The van der Waals surface area contributed by atoms with Gasteiger partial charge in [0.25, 0.3) is 0 Å². The van der Waals surface area contributed by atoms with E-state index >= 15 is 0 Å². The summed E-state index contributed by atoms with van der Waals surface area (Å²) < 4.78 is 0. The summed E-state index contributed by atoms with van der Waals surface area (Å²) in [5.74, 6) is 0.132. The van der Waals surface area contributed by atoms with Gasteiger partial charge in [-0.05, 0) is 20.0 Å². The van der Waals surface area contributed by atoms with Crippen LogP contribution in [-0.4, -0.2) is 56.0 Å². The maximum atomic E-state index is 11.7. The summed E-state index contributed by atoms with van der Waals surface area (Å²) in [7, 11) is 5.59. The summed E-state index contributed by atoms with van der Waals surface area (Å²) in [5.41, 5.74) is 5.91. The Balaban J connectivity index is 2.60. The van der Waals surface area contributed by atoms with Crippen molar-refractivity contribution in [2.75, 3.05) is 34.2 Å². The Morgan fingerprint density at radius 3 is 2.69 bits per heavy atom. The van der Waals surface area contributed by atoms with Gasteiger partial charge in [-0.15, -0.1) is 0 Å². The molecule has 0 radical (unpaired) electrons. The zero-order valence-electron chi connectivity index (χ0n) is 8.66. The van der Waals surface area contributed by atoms with Crippen LogP contribution >= 0.6 is 0 Å². The maximum Gasteiger partial charge on any atom is 0.228 e. The molecule has 1 unspecified atom stereocenters. The Labute approximate surface area is 79.7 Å². The average Bonchev–Trinajstić information content (AvgIpc) is 2.08. The van der Waals surface area contributed by atoms with E-state index in [1.54, 1.807) is 19.0 Å². The van der Waals surface area contributed by atoms with Gasteiger partial charge in [-0.25, -0.2) is 0 Å². The van der Waals surface area contributed by atoms with Crippen molar-refractivity contribution in [3.05, 3.63) is 0 Å². The molecule has 1 heterocycles. The summed E-state index contributed by atoms with van der Waals surface area (Å²) in [5, 5.41) is 0. The molecule has 0 saturated carbocycles. The summed E-state index contributed by atoms with van der Waals surface area (Å²) in [6, 6.07) is 0.0334. The third kappa shape index (κ3) is 2.42. The van der Waals surface area contributed by atoms with Crippen molar-refractivity contribution in [3.8, 4) is 0 Å². The standard InChI is InChI=1S/C9H19N3O/c1-11(2)9(13)7-6-12(3)5-4-8(7)10/h7-8H,4-6,10H2,1-3H3/t7?,8-/m0/s1. The number of hydrogen-bond donors (Lipinski definition) is 1. The molecular weight excluding hydrogens is 166 g/mol. The summed E-state index contributed by atoms with van der Waals surface area (Å²) in [6.07, 6.45) is 0.917. The predicted octanol–water partition coefficient (Wildman–Crippen LogP) is -0.646. The van der Waals surface area contributed by atoms with Crippen molar-refractivity contribution in [1.82, 2.24) is 9.80 Å². The number of carbonyl (C=O) groups is 1. The number of amides is 1. The number of hydrogen-bond acceptors (Lipinski definition) is 3. The number of carbonyl (C=O) groups excluding carboxylic acids is 1. The third-order valence-corrected chi connectivity index (χ3v) is 2.63. The average molecular weight is 185 g/mol. The molecule has 1 fully saturated rings. The first-order chi connectivity index (χ1) is 6.02. The molecule has 0 aromatic heterocycles. The quantitative estimate of drug-likeness (QED) is 0.591. The molecule has 1 aliphatic rings. The molecule has 13 heavy (non-hydrogen) atoms. The molecule has 1 amide bonds. The highest BCUT2D eigenvalue weighted by molar-refractivity contribution is 5.79. The minimum atomic E-state index is -0.0197. The molecule has 2 atom stereocenters. The lowest BCUT2D eigenvalue weighted by molar-refractivity contribution is -0.135. The summed E-state index contributed by atoms with van der Waals surface area (Å²) in [6.45, 7) is 1.79. The molecule has 76 valence electrons. The van der Waals surface area contributed by atoms with Crippen LogP contribution in [0.1, 0.15) is 6.42 Å². The lowest BCUT2D eigenvalue weighted by Crippen LogP contribution is -2.51. The fourth-order valence-corrected chi connectivity index (χ4v) is 1.73. The second-order valence-corrected chi connectivity index (χ2v) is 4.05. The van der Waals surface area contributed by atoms with Gasteiger partial charge >= 0.3 is 0 Å². The second kappa shape index (κ2) is 4.07. The van der Waals surface area contributed by atoms with Crippen molar-refractivity contribution in [1.29, 1.82) is 0 Å². The van der Waals surface area contributed by atoms with E-state index < -0.39 is 0 Å². The van der Waals surface area contributed by atoms with E-state index in [4.69, 9.17) is 5.73 Å². The highest BCUT2D eigenvalue weighted by Crippen LogP contribution is 2.15. The van der Waals surface area contributed by atoms with Gasteiger partial charge in [-0.2, -0.15) is 0 Å². The zero-order valence-corrected chi connectivity index (χ0v) is 8.66. The van der Waals surface area contributed by atoms with Gasteiger partial charge < -0.3 is 15.5 Å². The fourth-order valence-electron chi connectivity index (χ4n) is 1.73. The van der Waals surface area contributed by atoms with E-state index in [-0.39, 0.29) is 17.9 Å². The van der Waals surface area contributed by atoms with E-state index in [2.05, 4.69) is 4.90 Å². The Morgan fingerprint density at radius 2 is 2.15 bits per heavy atom. The highest BCUT2D eigenvalue weighted by Gasteiger charge is 2.31. The van der Waals surface area contributed by atoms with Crippen LogP contribution in [0.3, 0.4) is 0 Å². The van der Waals surface area contributed by atoms with Crippen molar-refractivity contribution in [2.24, 2.45) is 11.7 Å². The molecule has 0 aliphatic carbocycles. The van der Waals surface area contributed by atoms with Gasteiger partial charge in [0.05, 0.1) is 5.92 Å². The lowest BCUT2D eigenvalue weighted by atomic mass is 9.92. The molecule has 1 aliphatic heterocycles. The van der Waals surface area contributed by atoms with Crippen molar-refractivity contribution >= 4 is 5.91 Å². The zero-order chi connectivity index (χ0) is 10.0. The minimum absolute atomic E-state index is 0.0197. The van der Waals surface area contributed by atoms with Crippen LogP contribution in [0.2, 0.25) is 0 Å². The summed E-state index contributed by atoms with van der Waals surface area (Å²) in [4.78, 5) is 15.5. The van der Waals surface area contributed by atoms with Gasteiger partial charge in [-0.3, -0.25) is 4.79 Å². The fraction of sp³-hybridized carbons (Fsp3) is 0.889. The summed E-state index contributed by atoms with van der Waals surface area (Å²) >= 11 is 0. The first kappa shape index (κ1) is 10.5. The topological polar surface area (TPSA) is 49.6 Å². The van der Waals surface area contributed by atoms with Crippen LogP contribution in [0, 0.1) is 5.92 Å². The normalized spacial score (nSPS) is 30.2. The van der Waals surface area contributed by atoms with Gasteiger partial charge in [0.1, 0.15) is 0 Å². The lowest BCUT2D eigenvalue weighted by Gasteiger charge is -2.34. The van der Waals surface area contributed by atoms with Gasteiger partial charge in [0.2, 0.25) is 5.91 Å². The van der Waals surface area contributed by atoms with Crippen LogP contribution in [0.25, 0.3) is 0 Å². The second-order valence-electron chi connectivity index (χ2n) is 4.05. The molecule has 4 heteroatoms. The van der Waals surface area contributed by atoms with Gasteiger partial charge in [0, 0.05) is 26.7 Å². The number of nitrogens with zero attached hydrogens (tertiary/aromatic N) is 2. The first-order valence-electron chi connectivity index (χ1n) is 4.67. The predicted molar refractivity (Wildman–Crippen MR) is 52.3 cm³/mol. The molecule has 0 aromatic carbocycles. The highest BCUT2D eigenvalue weighted by atomic mass is 16.2. The largest absolute Gasteiger partial charge is 0.348 e. The van der Waals surface area contributed by atoms with Gasteiger partial charge in [0.15, 0.2) is 0 Å². The molecular formula is C9H19N3O. The van der Waals surface area contributed by atoms with Crippen LogP contribution in [-0.2, 0) is 4.79 Å². The van der Waals surface area contributed by atoms with Crippen molar-refractivity contribution < 1.29 is 4.79 Å². The Morgan fingerprint density at radius 1 is 1.54 bits per heavy atom. The van der Waals surface area contributed by atoms with Gasteiger partial charge in [-0.1, -0.05) is 0 Å². The number of nitrogens with two attached hydrogens (primary N) is 1. The Kier molecular flexibility index (Phi) is 3.27. The molecule has 2 N–H and O–H groups in total. The van der Waals surface area contributed by atoms with Crippen LogP contribution in [0.15, 0.2) is 0 Å². The first-order valence-corrected chi connectivity index (χ1v) is 4.67. The van der Waals surface area contributed by atoms with E-state index in [0.717, 1.165) is 19.5 Å². The van der Waals surface area contributed by atoms with Crippen molar-refractivity contribution in [3.63, 3.8) is 0 Å². The number of rotatable bonds is 1. The number of piperidine rings is 1. The van der Waals surface area contributed by atoms with Crippen LogP contribution in [0.4, 0.5) is 0 Å². The molecule has 0 bridgehead atoms. The molecule has 0 spiro atoms. The van der Waals surface area contributed by atoms with E-state index in [0.29, 0.717) is 0 Å². The number of likely N-dealkylation sites (tertiary alicyclic amines) is 1. The maximum absolute atomic E-state index is 11.7. The SMILES string of the molecule is CN1CC[C@H](N)C(C(=O)N(C)C)C1. The van der Waals surface area contributed by atoms with E-state index in [9.17, 15) is 4.79 Å². The van der Waals surface area contributed by atoms with Crippen LogP contribution < -0.4 is 5.73 Å². The molecule has 4 nitrogen and oxygen atoms in total.